The highest BCUT2D eigenvalue weighted by Gasteiger charge is 2.37. The highest BCUT2D eigenvalue weighted by Crippen LogP contribution is 2.40. The number of hydrogen-bond acceptors (Lipinski definition) is 5. The molecule has 2 aliphatic rings. The SMILES string of the molecule is CC1=C(C(=O)N(C)C)C(c2ccc(NC(=O)Nc3c(C)cccc3C)cc2)N2CCCSC2=N1. The lowest BCUT2D eigenvalue weighted by Crippen LogP contribution is -2.43. The summed E-state index contributed by atoms with van der Waals surface area (Å²) in [6.45, 7) is 6.71. The number of aryl methyl sites for hydroxylation is 2. The van der Waals surface area contributed by atoms with Crippen LogP contribution in [0.3, 0.4) is 0 Å². The third kappa shape index (κ3) is 4.82. The molecule has 1 atom stereocenters. The van der Waals surface area contributed by atoms with E-state index in [0.717, 1.165) is 52.0 Å². The number of anilines is 2. The fourth-order valence-corrected chi connectivity index (χ4v) is 5.39. The van der Waals surface area contributed by atoms with E-state index in [0.29, 0.717) is 11.3 Å². The number of carbonyl (C=O) groups excluding carboxylic acids is 2. The quantitative estimate of drug-likeness (QED) is 0.638. The molecule has 0 radical (unpaired) electrons. The van der Waals surface area contributed by atoms with Crippen molar-refractivity contribution in [2.24, 2.45) is 4.99 Å². The molecule has 1 saturated heterocycles. The van der Waals surface area contributed by atoms with Crippen LogP contribution in [0.2, 0.25) is 0 Å². The molecule has 34 heavy (non-hydrogen) atoms. The molecule has 0 aliphatic carbocycles. The lowest BCUT2D eigenvalue weighted by molar-refractivity contribution is -0.125. The summed E-state index contributed by atoms with van der Waals surface area (Å²) >= 11 is 1.74. The van der Waals surface area contributed by atoms with Crippen LogP contribution >= 0.6 is 11.8 Å². The fourth-order valence-electron chi connectivity index (χ4n) is 4.37. The molecule has 2 aliphatic heterocycles. The molecule has 0 aromatic heterocycles. The van der Waals surface area contributed by atoms with Crippen molar-refractivity contribution >= 4 is 40.2 Å². The van der Waals surface area contributed by atoms with E-state index in [1.165, 1.54) is 0 Å². The predicted octanol–water partition coefficient (Wildman–Crippen LogP) is 5.16. The highest BCUT2D eigenvalue weighted by molar-refractivity contribution is 8.13. The minimum atomic E-state index is -0.288. The molecule has 2 heterocycles. The maximum Gasteiger partial charge on any atom is 0.323 e. The maximum atomic E-state index is 13.1. The van der Waals surface area contributed by atoms with Gasteiger partial charge < -0.3 is 20.4 Å². The lowest BCUT2D eigenvalue weighted by atomic mass is 9.93. The van der Waals surface area contributed by atoms with Gasteiger partial charge in [-0.3, -0.25) is 4.79 Å². The monoisotopic (exact) mass is 477 g/mol. The first kappa shape index (κ1) is 23.9. The largest absolute Gasteiger partial charge is 0.345 e. The van der Waals surface area contributed by atoms with Crippen LogP contribution < -0.4 is 10.6 Å². The summed E-state index contributed by atoms with van der Waals surface area (Å²) in [5.41, 5.74) is 6.00. The van der Waals surface area contributed by atoms with Gasteiger partial charge in [0.25, 0.3) is 5.91 Å². The number of amidine groups is 1. The van der Waals surface area contributed by atoms with Gasteiger partial charge in [-0.2, -0.15) is 0 Å². The van der Waals surface area contributed by atoms with Crippen molar-refractivity contribution < 1.29 is 9.59 Å². The van der Waals surface area contributed by atoms with Gasteiger partial charge in [-0.1, -0.05) is 42.1 Å². The second kappa shape index (κ2) is 9.93. The van der Waals surface area contributed by atoms with Crippen LogP contribution in [0.1, 0.15) is 36.1 Å². The summed E-state index contributed by atoms with van der Waals surface area (Å²) in [5, 5.41) is 6.83. The van der Waals surface area contributed by atoms with E-state index >= 15 is 0 Å². The Labute approximate surface area is 205 Å². The minimum Gasteiger partial charge on any atom is -0.345 e. The topological polar surface area (TPSA) is 77.0 Å². The van der Waals surface area contributed by atoms with Crippen molar-refractivity contribution in [3.05, 3.63) is 70.4 Å². The fraction of sp³-hybridized carbons (Fsp3) is 0.346. The zero-order chi connectivity index (χ0) is 24.4. The number of allylic oxidation sites excluding steroid dienone is 1. The zero-order valence-electron chi connectivity index (χ0n) is 20.3. The van der Waals surface area contributed by atoms with Crippen LogP contribution in [0.5, 0.6) is 0 Å². The first-order chi connectivity index (χ1) is 16.3. The van der Waals surface area contributed by atoms with Gasteiger partial charge in [-0.15, -0.1) is 0 Å². The summed E-state index contributed by atoms with van der Waals surface area (Å²) in [6.07, 6.45) is 1.04. The van der Waals surface area contributed by atoms with E-state index in [1.54, 1.807) is 30.8 Å². The zero-order valence-corrected chi connectivity index (χ0v) is 21.1. The summed E-state index contributed by atoms with van der Waals surface area (Å²) in [7, 11) is 3.54. The van der Waals surface area contributed by atoms with Gasteiger partial charge in [0.15, 0.2) is 5.17 Å². The number of fused-ring (bicyclic) bond motifs is 1. The van der Waals surface area contributed by atoms with Gasteiger partial charge >= 0.3 is 6.03 Å². The van der Waals surface area contributed by atoms with Gasteiger partial charge in [0.2, 0.25) is 0 Å². The Morgan fingerprint density at radius 2 is 1.71 bits per heavy atom. The smallest absolute Gasteiger partial charge is 0.323 e. The number of rotatable bonds is 4. The molecule has 8 heteroatoms. The number of nitrogens with one attached hydrogen (secondary N) is 2. The second-order valence-electron chi connectivity index (χ2n) is 8.86. The van der Waals surface area contributed by atoms with Crippen molar-refractivity contribution in [3.8, 4) is 0 Å². The van der Waals surface area contributed by atoms with Crippen LogP contribution in [-0.2, 0) is 4.79 Å². The van der Waals surface area contributed by atoms with Gasteiger partial charge in [0.1, 0.15) is 0 Å². The van der Waals surface area contributed by atoms with Crippen molar-refractivity contribution in [1.29, 1.82) is 0 Å². The number of amides is 3. The Hall–Kier alpha value is -3.26. The first-order valence-electron chi connectivity index (χ1n) is 11.4. The van der Waals surface area contributed by atoms with Crippen LogP contribution in [0.25, 0.3) is 0 Å². The van der Waals surface area contributed by atoms with E-state index in [4.69, 9.17) is 4.99 Å². The van der Waals surface area contributed by atoms with E-state index in [9.17, 15) is 9.59 Å². The van der Waals surface area contributed by atoms with Gasteiger partial charge in [0, 0.05) is 37.8 Å². The minimum absolute atomic E-state index is 0.0314. The number of para-hydroxylation sites is 1. The Balaban J connectivity index is 1.57. The number of nitrogens with zero attached hydrogens (tertiary/aromatic N) is 3. The Morgan fingerprint density at radius 3 is 2.35 bits per heavy atom. The lowest BCUT2D eigenvalue weighted by Gasteiger charge is -2.41. The molecule has 1 fully saturated rings. The molecule has 0 bridgehead atoms. The van der Waals surface area contributed by atoms with Gasteiger partial charge in [0.05, 0.1) is 17.3 Å². The van der Waals surface area contributed by atoms with Crippen LogP contribution in [-0.4, -0.2) is 53.3 Å². The summed E-state index contributed by atoms with van der Waals surface area (Å²) < 4.78 is 0. The number of likely N-dealkylation sites (N-methyl/N-ethyl adjacent to an activating group) is 1. The number of hydrogen-bond donors (Lipinski definition) is 2. The number of carbonyl (C=O) groups is 2. The molecule has 178 valence electrons. The van der Waals surface area contributed by atoms with Crippen molar-refractivity contribution in [3.63, 3.8) is 0 Å². The normalized spacial score (nSPS) is 17.6. The predicted molar refractivity (Wildman–Crippen MR) is 140 cm³/mol. The average molecular weight is 478 g/mol. The summed E-state index contributed by atoms with van der Waals surface area (Å²) in [6, 6.07) is 13.2. The van der Waals surface area contributed by atoms with Crippen LogP contribution in [0, 0.1) is 13.8 Å². The van der Waals surface area contributed by atoms with E-state index in [1.807, 2.05) is 63.2 Å². The molecule has 2 aromatic rings. The molecule has 2 aromatic carbocycles. The molecular weight excluding hydrogens is 446 g/mol. The molecule has 0 spiro atoms. The Bertz CT molecular complexity index is 1150. The molecule has 3 amide bonds. The Kier molecular flexibility index (Phi) is 6.97. The third-order valence-corrected chi connectivity index (χ3v) is 7.18. The Morgan fingerprint density at radius 1 is 1.03 bits per heavy atom. The van der Waals surface area contributed by atoms with E-state index in [2.05, 4.69) is 15.5 Å². The summed E-state index contributed by atoms with van der Waals surface area (Å²) in [5.74, 6) is 1.00. The second-order valence-corrected chi connectivity index (χ2v) is 9.92. The number of urea groups is 1. The van der Waals surface area contributed by atoms with Gasteiger partial charge in [-0.05, 0) is 56.0 Å². The molecule has 2 N–H and O–H groups in total. The van der Waals surface area contributed by atoms with E-state index in [-0.39, 0.29) is 18.0 Å². The number of thioether (sulfide) groups is 1. The number of benzene rings is 2. The molecule has 0 saturated carbocycles. The van der Waals surface area contributed by atoms with Crippen molar-refractivity contribution in [2.45, 2.75) is 33.2 Å². The van der Waals surface area contributed by atoms with Crippen molar-refractivity contribution in [2.75, 3.05) is 37.0 Å². The molecule has 7 nitrogen and oxygen atoms in total. The van der Waals surface area contributed by atoms with Crippen molar-refractivity contribution in [1.82, 2.24) is 9.80 Å². The van der Waals surface area contributed by atoms with Gasteiger partial charge in [-0.25, -0.2) is 9.79 Å². The number of aliphatic imine (C=N–C) groups is 1. The third-order valence-electron chi connectivity index (χ3n) is 6.10. The van der Waals surface area contributed by atoms with E-state index < -0.39 is 0 Å². The molecule has 1 unspecified atom stereocenters. The highest BCUT2D eigenvalue weighted by atomic mass is 32.2. The average Bonchev–Trinajstić information content (AvgIpc) is 2.81. The first-order valence-corrected chi connectivity index (χ1v) is 12.4. The van der Waals surface area contributed by atoms with Crippen LogP contribution in [0.4, 0.5) is 16.2 Å². The summed E-state index contributed by atoms with van der Waals surface area (Å²) in [4.78, 5) is 34.3. The molecule has 4 rings (SSSR count). The molecular formula is C26H31N5O2S. The standard InChI is InChI=1S/C26H31N5O2S/c1-16-8-6-9-17(2)22(16)29-25(33)28-20-12-10-19(11-13-20)23-21(24(32)30(4)5)18(3)27-26-31(23)14-7-15-34-26/h6,8-13,23H,7,14-15H2,1-5H3,(H2,28,29,33). The van der Waals surface area contributed by atoms with Crippen LogP contribution in [0.15, 0.2) is 58.7 Å². The maximum absolute atomic E-state index is 13.1.